The quantitative estimate of drug-likeness (QED) is 0.869. The summed E-state index contributed by atoms with van der Waals surface area (Å²) in [6, 6.07) is 4.96. The summed E-state index contributed by atoms with van der Waals surface area (Å²) in [5.41, 5.74) is 1.35. The Morgan fingerprint density at radius 2 is 2.12 bits per heavy atom. The van der Waals surface area contributed by atoms with Gasteiger partial charge in [-0.1, -0.05) is 6.92 Å². The summed E-state index contributed by atoms with van der Waals surface area (Å²) < 4.78 is 5.35. The van der Waals surface area contributed by atoms with E-state index in [-0.39, 0.29) is 17.9 Å². The van der Waals surface area contributed by atoms with Gasteiger partial charge in [0, 0.05) is 25.7 Å². The maximum absolute atomic E-state index is 12.7. The van der Waals surface area contributed by atoms with Crippen LogP contribution in [0.4, 0.5) is 11.4 Å². The fraction of sp³-hybridized carbons (Fsp3) is 0.556. The predicted octanol–water partition coefficient (Wildman–Crippen LogP) is 2.71. The molecule has 1 aliphatic heterocycles. The fourth-order valence-corrected chi connectivity index (χ4v) is 3.06. The van der Waals surface area contributed by atoms with Crippen LogP contribution in [0.5, 0.6) is 5.75 Å². The summed E-state index contributed by atoms with van der Waals surface area (Å²) in [7, 11) is 1.58. The summed E-state index contributed by atoms with van der Waals surface area (Å²) >= 11 is 0. The summed E-state index contributed by atoms with van der Waals surface area (Å²) in [5.74, 6) is 1.13. The van der Waals surface area contributed by atoms with Crippen molar-refractivity contribution < 1.29 is 14.3 Å². The Morgan fingerprint density at radius 1 is 1.38 bits per heavy atom. The van der Waals surface area contributed by atoms with E-state index in [1.165, 1.54) is 13.3 Å². The van der Waals surface area contributed by atoms with Gasteiger partial charge in [-0.05, 0) is 43.9 Å². The van der Waals surface area contributed by atoms with Crippen LogP contribution in [0.3, 0.4) is 0 Å². The molecule has 1 aromatic rings. The monoisotopic (exact) mass is 333 g/mol. The first-order chi connectivity index (χ1) is 11.4. The number of piperidine rings is 1. The Bertz CT molecular complexity index is 603. The molecule has 6 heteroatoms. The molecule has 1 aliphatic rings. The zero-order valence-corrected chi connectivity index (χ0v) is 14.9. The topological polar surface area (TPSA) is 70.7 Å². The van der Waals surface area contributed by atoms with E-state index in [4.69, 9.17) is 4.74 Å². The van der Waals surface area contributed by atoms with Gasteiger partial charge in [0.15, 0.2) is 0 Å². The first kappa shape index (κ1) is 18.1. The number of carbonyl (C=O) groups excluding carboxylic acids is 2. The lowest BCUT2D eigenvalue weighted by molar-refractivity contribution is -0.133. The third kappa shape index (κ3) is 4.63. The number of amides is 2. The fourth-order valence-electron chi connectivity index (χ4n) is 3.06. The molecule has 2 N–H and O–H groups in total. The highest BCUT2D eigenvalue weighted by Crippen LogP contribution is 2.29. The van der Waals surface area contributed by atoms with Crippen molar-refractivity contribution in [3.8, 4) is 5.75 Å². The van der Waals surface area contributed by atoms with E-state index < -0.39 is 0 Å². The Morgan fingerprint density at radius 3 is 2.75 bits per heavy atom. The average Bonchev–Trinajstić information content (AvgIpc) is 2.54. The van der Waals surface area contributed by atoms with Crippen molar-refractivity contribution >= 4 is 23.2 Å². The van der Waals surface area contributed by atoms with Crippen LogP contribution in [0, 0.1) is 5.92 Å². The summed E-state index contributed by atoms with van der Waals surface area (Å²) in [6.45, 7) is 7.12. The van der Waals surface area contributed by atoms with E-state index in [0.29, 0.717) is 23.0 Å². The maximum Gasteiger partial charge on any atom is 0.244 e. The van der Waals surface area contributed by atoms with Crippen LogP contribution in [-0.2, 0) is 9.59 Å². The van der Waals surface area contributed by atoms with Crippen LogP contribution >= 0.6 is 0 Å². The zero-order valence-electron chi connectivity index (χ0n) is 14.9. The number of hydrogen-bond donors (Lipinski definition) is 2. The van der Waals surface area contributed by atoms with Gasteiger partial charge in [0.25, 0.3) is 0 Å². The minimum atomic E-state index is -0.364. The van der Waals surface area contributed by atoms with Crippen LogP contribution in [0.2, 0.25) is 0 Å². The molecular formula is C18H27N3O3. The van der Waals surface area contributed by atoms with Crippen LogP contribution in [0.25, 0.3) is 0 Å². The molecule has 1 aromatic carbocycles. The molecule has 0 radical (unpaired) electrons. The Hall–Kier alpha value is -2.24. The molecule has 2 atom stereocenters. The number of benzene rings is 1. The van der Waals surface area contributed by atoms with E-state index in [1.807, 2.05) is 11.8 Å². The second-order valence-electron chi connectivity index (χ2n) is 6.49. The molecule has 1 saturated heterocycles. The third-order valence-corrected chi connectivity index (χ3v) is 4.23. The normalized spacial score (nSPS) is 18.7. The van der Waals surface area contributed by atoms with Crippen LogP contribution in [0.15, 0.2) is 18.2 Å². The SMILES string of the molecule is COc1ccc(NC(C)=O)cc1N[C@@H](C)C(=O)N1CCC[C@H](C)C1. The van der Waals surface area contributed by atoms with E-state index in [1.54, 1.807) is 25.3 Å². The van der Waals surface area contributed by atoms with Crippen molar-refractivity contribution in [1.82, 2.24) is 4.90 Å². The predicted molar refractivity (Wildman–Crippen MR) is 95.4 cm³/mol. The van der Waals surface area contributed by atoms with Crippen molar-refractivity contribution in [2.45, 2.75) is 39.7 Å². The molecule has 132 valence electrons. The van der Waals surface area contributed by atoms with Crippen molar-refractivity contribution in [2.75, 3.05) is 30.8 Å². The number of likely N-dealkylation sites (tertiary alicyclic amines) is 1. The standard InChI is InChI=1S/C18H27N3O3/c1-12-6-5-9-21(11-12)18(23)13(2)19-16-10-15(20-14(3)22)7-8-17(16)24-4/h7-8,10,12-13,19H,5-6,9,11H2,1-4H3,(H,20,22)/t12-,13-/m0/s1. The molecular weight excluding hydrogens is 306 g/mol. The van der Waals surface area contributed by atoms with Gasteiger partial charge in [0.2, 0.25) is 11.8 Å². The van der Waals surface area contributed by atoms with Crippen LogP contribution in [0.1, 0.15) is 33.6 Å². The number of carbonyl (C=O) groups is 2. The molecule has 0 aromatic heterocycles. The van der Waals surface area contributed by atoms with Gasteiger partial charge < -0.3 is 20.3 Å². The number of methoxy groups -OCH3 is 1. The van der Waals surface area contributed by atoms with Gasteiger partial charge in [-0.2, -0.15) is 0 Å². The number of nitrogens with zero attached hydrogens (tertiary/aromatic N) is 1. The largest absolute Gasteiger partial charge is 0.495 e. The molecule has 6 nitrogen and oxygen atoms in total. The van der Waals surface area contributed by atoms with E-state index in [2.05, 4.69) is 17.6 Å². The van der Waals surface area contributed by atoms with Crippen molar-refractivity contribution in [2.24, 2.45) is 5.92 Å². The molecule has 2 amide bonds. The van der Waals surface area contributed by atoms with Crippen molar-refractivity contribution in [1.29, 1.82) is 0 Å². The van der Waals surface area contributed by atoms with Gasteiger partial charge in [-0.25, -0.2) is 0 Å². The Labute approximate surface area is 143 Å². The highest BCUT2D eigenvalue weighted by atomic mass is 16.5. The highest BCUT2D eigenvalue weighted by molar-refractivity contribution is 5.90. The molecule has 0 bridgehead atoms. The van der Waals surface area contributed by atoms with E-state index >= 15 is 0 Å². The van der Waals surface area contributed by atoms with Gasteiger partial charge >= 0.3 is 0 Å². The van der Waals surface area contributed by atoms with E-state index in [0.717, 1.165) is 19.5 Å². The number of hydrogen-bond acceptors (Lipinski definition) is 4. The zero-order chi connectivity index (χ0) is 17.7. The highest BCUT2D eigenvalue weighted by Gasteiger charge is 2.25. The first-order valence-corrected chi connectivity index (χ1v) is 8.41. The molecule has 0 unspecified atom stereocenters. The first-order valence-electron chi connectivity index (χ1n) is 8.41. The molecule has 0 saturated carbocycles. The third-order valence-electron chi connectivity index (χ3n) is 4.23. The molecule has 0 aliphatic carbocycles. The summed E-state index contributed by atoms with van der Waals surface area (Å²) in [6.07, 6.45) is 2.24. The molecule has 0 spiro atoms. The number of nitrogens with one attached hydrogen (secondary N) is 2. The smallest absolute Gasteiger partial charge is 0.244 e. The molecule has 2 rings (SSSR count). The average molecular weight is 333 g/mol. The second-order valence-corrected chi connectivity index (χ2v) is 6.49. The number of anilines is 2. The number of ether oxygens (including phenoxy) is 1. The van der Waals surface area contributed by atoms with Crippen LogP contribution in [-0.4, -0.2) is 43.0 Å². The van der Waals surface area contributed by atoms with Gasteiger partial charge in [0.1, 0.15) is 11.8 Å². The summed E-state index contributed by atoms with van der Waals surface area (Å²) in [4.78, 5) is 25.8. The van der Waals surface area contributed by atoms with Gasteiger partial charge in [-0.3, -0.25) is 9.59 Å². The molecule has 1 fully saturated rings. The lowest BCUT2D eigenvalue weighted by atomic mass is 10.00. The van der Waals surface area contributed by atoms with Crippen LogP contribution < -0.4 is 15.4 Å². The second kappa shape index (κ2) is 8.04. The lowest BCUT2D eigenvalue weighted by Crippen LogP contribution is -2.45. The minimum Gasteiger partial charge on any atom is -0.495 e. The van der Waals surface area contributed by atoms with Crippen molar-refractivity contribution in [3.05, 3.63) is 18.2 Å². The Kier molecular flexibility index (Phi) is 6.06. The van der Waals surface area contributed by atoms with E-state index in [9.17, 15) is 9.59 Å². The van der Waals surface area contributed by atoms with Gasteiger partial charge in [-0.15, -0.1) is 0 Å². The van der Waals surface area contributed by atoms with Gasteiger partial charge in [0.05, 0.1) is 12.8 Å². The Balaban J connectivity index is 2.10. The van der Waals surface area contributed by atoms with Crippen molar-refractivity contribution in [3.63, 3.8) is 0 Å². The lowest BCUT2D eigenvalue weighted by Gasteiger charge is -2.33. The summed E-state index contributed by atoms with van der Waals surface area (Å²) in [5, 5.41) is 5.96. The maximum atomic E-state index is 12.7. The molecule has 24 heavy (non-hydrogen) atoms. The minimum absolute atomic E-state index is 0.0912. The molecule has 1 heterocycles. The number of rotatable bonds is 5.